The van der Waals surface area contributed by atoms with Gasteiger partial charge in [0.2, 0.25) is 0 Å². The predicted molar refractivity (Wildman–Crippen MR) is 109 cm³/mol. The minimum absolute atomic E-state index is 0.0703. The molecule has 0 unspecified atom stereocenters. The molecular formula is C21H27FN4O5. The third-order valence-corrected chi connectivity index (χ3v) is 5.91. The van der Waals surface area contributed by atoms with Crippen LogP contribution in [0.5, 0.6) is 0 Å². The quantitative estimate of drug-likeness (QED) is 0.755. The topological polar surface area (TPSA) is 114 Å². The summed E-state index contributed by atoms with van der Waals surface area (Å²) in [6.45, 7) is 6.66. The number of cyclic esters (lactones) is 1. The van der Waals surface area contributed by atoms with Gasteiger partial charge in [-0.3, -0.25) is 4.90 Å². The van der Waals surface area contributed by atoms with Crippen LogP contribution in [0.4, 0.5) is 24.5 Å². The van der Waals surface area contributed by atoms with Gasteiger partial charge in [0.05, 0.1) is 18.8 Å². The van der Waals surface area contributed by atoms with Crippen LogP contribution in [0.2, 0.25) is 0 Å². The molecule has 3 aliphatic rings. The third kappa shape index (κ3) is 4.38. The number of benzene rings is 1. The number of rotatable bonds is 4. The fraction of sp³-hybridized carbons (Fsp3) is 0.571. The largest absolute Gasteiger partial charge is 0.444 e. The van der Waals surface area contributed by atoms with Gasteiger partial charge in [0.15, 0.2) is 0 Å². The van der Waals surface area contributed by atoms with Gasteiger partial charge >= 0.3 is 18.2 Å². The highest BCUT2D eigenvalue weighted by molar-refractivity contribution is 5.89. The molecule has 0 radical (unpaired) electrons. The molecule has 3 fully saturated rings. The second-order valence-corrected chi connectivity index (χ2v) is 9.30. The Labute approximate surface area is 179 Å². The smallest absolute Gasteiger partial charge is 0.414 e. The highest BCUT2D eigenvalue weighted by Gasteiger charge is 2.57. The fourth-order valence-corrected chi connectivity index (χ4v) is 4.47. The van der Waals surface area contributed by atoms with Crippen molar-refractivity contribution in [2.45, 2.75) is 38.4 Å². The molecule has 4 amide bonds. The minimum Gasteiger partial charge on any atom is -0.444 e. The lowest BCUT2D eigenvalue weighted by atomic mass is 10.1. The molecule has 10 heteroatoms. The van der Waals surface area contributed by atoms with Gasteiger partial charge in [-0.1, -0.05) is 6.07 Å². The first kappa shape index (κ1) is 21.2. The second-order valence-electron chi connectivity index (χ2n) is 9.30. The molecule has 168 valence electrons. The number of fused-ring (bicyclic) bond motifs is 1. The number of nitrogens with two attached hydrogens (primary N) is 1. The van der Waals surface area contributed by atoms with Crippen molar-refractivity contribution in [2.75, 3.05) is 31.1 Å². The number of hydrogen-bond acceptors (Lipinski definition) is 5. The maximum absolute atomic E-state index is 14.8. The van der Waals surface area contributed by atoms with E-state index in [-0.39, 0.29) is 36.7 Å². The third-order valence-electron chi connectivity index (χ3n) is 5.91. The number of amides is 4. The molecule has 1 aromatic carbocycles. The predicted octanol–water partition coefficient (Wildman–Crippen LogP) is 2.40. The Hall–Kier alpha value is -3.04. The number of carbonyl (C=O) groups is 3. The van der Waals surface area contributed by atoms with Crippen LogP contribution >= 0.6 is 0 Å². The molecule has 9 nitrogen and oxygen atoms in total. The zero-order valence-corrected chi connectivity index (χ0v) is 17.8. The number of primary amides is 1. The zero-order valence-electron chi connectivity index (χ0n) is 17.8. The summed E-state index contributed by atoms with van der Waals surface area (Å²) in [4.78, 5) is 38.2. The molecule has 2 heterocycles. The molecule has 2 saturated heterocycles. The summed E-state index contributed by atoms with van der Waals surface area (Å²) in [6, 6.07) is 4.29. The number of alkyl carbamates (subject to hydrolysis) is 1. The van der Waals surface area contributed by atoms with Crippen LogP contribution in [0.25, 0.3) is 0 Å². The van der Waals surface area contributed by atoms with E-state index in [0.29, 0.717) is 24.3 Å². The van der Waals surface area contributed by atoms with Crippen molar-refractivity contribution in [3.8, 4) is 0 Å². The fourth-order valence-electron chi connectivity index (χ4n) is 4.47. The number of nitrogens with zero attached hydrogens (tertiary/aromatic N) is 2. The summed E-state index contributed by atoms with van der Waals surface area (Å²) in [5, 5.41) is 2.58. The van der Waals surface area contributed by atoms with Crippen LogP contribution < -0.4 is 16.0 Å². The lowest BCUT2D eigenvalue weighted by Gasteiger charge is -2.20. The van der Waals surface area contributed by atoms with E-state index in [1.54, 1.807) is 37.8 Å². The lowest BCUT2D eigenvalue weighted by molar-refractivity contribution is 0.0496. The number of carbonyl (C=O) groups excluding carboxylic acids is 3. The van der Waals surface area contributed by atoms with Crippen molar-refractivity contribution >= 4 is 23.9 Å². The number of likely N-dealkylation sites (tertiary alicyclic amines) is 1. The molecule has 1 aliphatic carbocycles. The molecule has 4 rings (SSSR count). The molecule has 1 aromatic rings. The number of nitrogens with one attached hydrogen (secondary N) is 1. The van der Waals surface area contributed by atoms with Gasteiger partial charge in [0.25, 0.3) is 0 Å². The number of anilines is 1. The zero-order chi connectivity index (χ0) is 22.5. The monoisotopic (exact) mass is 434 g/mol. The maximum atomic E-state index is 14.8. The van der Waals surface area contributed by atoms with E-state index in [2.05, 4.69) is 5.32 Å². The van der Waals surface area contributed by atoms with Crippen molar-refractivity contribution in [1.82, 2.24) is 10.2 Å². The Kier molecular flexibility index (Phi) is 5.18. The molecule has 0 aromatic heterocycles. The number of halogens is 1. The van der Waals surface area contributed by atoms with Gasteiger partial charge in [-0.15, -0.1) is 0 Å². The highest BCUT2D eigenvalue weighted by atomic mass is 19.1. The summed E-state index contributed by atoms with van der Waals surface area (Å²) in [7, 11) is 0. The first-order valence-electron chi connectivity index (χ1n) is 10.3. The van der Waals surface area contributed by atoms with Crippen LogP contribution in [0.3, 0.4) is 0 Å². The average Bonchev–Trinajstić information content (AvgIpc) is 3.00. The summed E-state index contributed by atoms with van der Waals surface area (Å²) in [5.74, 6) is 0.146. The lowest BCUT2D eigenvalue weighted by Crippen LogP contribution is -2.38. The van der Waals surface area contributed by atoms with E-state index in [1.807, 2.05) is 0 Å². The van der Waals surface area contributed by atoms with Crippen LogP contribution in [0.15, 0.2) is 18.2 Å². The average molecular weight is 434 g/mol. The van der Waals surface area contributed by atoms with Gasteiger partial charge in [-0.2, -0.15) is 0 Å². The van der Waals surface area contributed by atoms with Gasteiger partial charge < -0.3 is 25.4 Å². The first-order chi connectivity index (χ1) is 14.5. The van der Waals surface area contributed by atoms with Crippen LogP contribution in [0, 0.1) is 17.7 Å². The van der Waals surface area contributed by atoms with Gasteiger partial charge in [-0.05, 0) is 56.2 Å². The van der Waals surface area contributed by atoms with Crippen LogP contribution in [-0.4, -0.2) is 61.0 Å². The number of urea groups is 1. The Morgan fingerprint density at radius 2 is 1.94 bits per heavy atom. The highest BCUT2D eigenvalue weighted by Crippen LogP contribution is 2.58. The summed E-state index contributed by atoms with van der Waals surface area (Å²) >= 11 is 0. The maximum Gasteiger partial charge on any atom is 0.414 e. The minimum atomic E-state index is -0.625. The molecule has 3 N–H and O–H groups in total. The molecule has 2 aliphatic heterocycles. The Morgan fingerprint density at radius 1 is 1.26 bits per heavy atom. The number of hydrogen-bond donors (Lipinski definition) is 2. The number of piperidine rings is 1. The molecule has 0 bridgehead atoms. The van der Waals surface area contributed by atoms with E-state index in [1.165, 1.54) is 11.0 Å². The Bertz CT molecular complexity index is 906. The Balaban J connectivity index is 1.34. The van der Waals surface area contributed by atoms with E-state index in [4.69, 9.17) is 15.2 Å². The van der Waals surface area contributed by atoms with Crippen molar-refractivity contribution in [2.24, 2.45) is 17.6 Å². The van der Waals surface area contributed by atoms with Crippen molar-refractivity contribution in [3.05, 3.63) is 29.6 Å². The van der Waals surface area contributed by atoms with E-state index < -0.39 is 29.9 Å². The van der Waals surface area contributed by atoms with E-state index >= 15 is 0 Å². The standard InChI is InChI=1S/C21H27FN4O5/c1-21(2,3)31-19(28)24-7-12-8-26(20(29)30-12)11-4-5-13(16(22)6-11)17-14-9-25(18(23)27)10-15(14)17/h4-6,12,14-15,17H,7-10H2,1-3H3,(H2,23,27)(H,24,28)/t12-,14-,15+,17+/m0/s1. The van der Waals surface area contributed by atoms with E-state index in [0.717, 1.165) is 0 Å². The van der Waals surface area contributed by atoms with Gasteiger partial charge in [-0.25, -0.2) is 18.8 Å². The van der Waals surface area contributed by atoms with Crippen molar-refractivity contribution in [1.29, 1.82) is 0 Å². The SMILES string of the molecule is CC(C)(C)OC(=O)NC[C@H]1CN(c2ccc([C@H]3[C@@H]4CN(C(N)=O)C[C@@H]43)c(F)c2)C(=O)O1. The van der Waals surface area contributed by atoms with Gasteiger partial charge in [0, 0.05) is 13.1 Å². The van der Waals surface area contributed by atoms with Gasteiger partial charge in [0.1, 0.15) is 17.5 Å². The number of ether oxygens (including phenoxy) is 2. The molecule has 1 saturated carbocycles. The first-order valence-corrected chi connectivity index (χ1v) is 10.3. The summed E-state index contributed by atoms with van der Waals surface area (Å²) in [6.07, 6.45) is -1.75. The normalized spacial score (nSPS) is 27.0. The van der Waals surface area contributed by atoms with Crippen molar-refractivity contribution < 1.29 is 28.2 Å². The summed E-state index contributed by atoms with van der Waals surface area (Å²) < 4.78 is 25.3. The Morgan fingerprint density at radius 3 is 2.52 bits per heavy atom. The molecule has 31 heavy (non-hydrogen) atoms. The summed E-state index contributed by atoms with van der Waals surface area (Å²) in [5.41, 5.74) is 5.68. The van der Waals surface area contributed by atoms with Crippen LogP contribution in [0.1, 0.15) is 32.3 Å². The van der Waals surface area contributed by atoms with E-state index in [9.17, 15) is 18.8 Å². The van der Waals surface area contributed by atoms with Crippen molar-refractivity contribution in [3.63, 3.8) is 0 Å². The second kappa shape index (κ2) is 7.58. The van der Waals surface area contributed by atoms with Crippen LogP contribution in [-0.2, 0) is 9.47 Å². The molecule has 4 atom stereocenters. The molecule has 0 spiro atoms. The molecular weight excluding hydrogens is 407 g/mol.